The van der Waals surface area contributed by atoms with Crippen LogP contribution in [0, 0.1) is 24.0 Å². The third-order valence-electron chi connectivity index (χ3n) is 3.10. The van der Waals surface area contributed by atoms with Crippen LogP contribution in [0.1, 0.15) is 16.8 Å². The first kappa shape index (κ1) is 15.8. The fourth-order valence-electron chi connectivity index (χ4n) is 1.97. The van der Waals surface area contributed by atoms with Crippen LogP contribution in [0.5, 0.6) is 0 Å². The Balaban J connectivity index is 2.27. The average molecular weight is 368 g/mol. The Morgan fingerprint density at radius 1 is 1.43 bits per heavy atom. The Bertz CT molecular complexity index is 707. The second-order valence-electron chi connectivity index (χ2n) is 4.59. The summed E-state index contributed by atoms with van der Waals surface area (Å²) in [5, 5.41) is 11.1. The van der Waals surface area contributed by atoms with Crippen LogP contribution < -0.4 is 5.73 Å². The van der Waals surface area contributed by atoms with Crippen molar-refractivity contribution in [3.05, 3.63) is 55.8 Å². The molecule has 21 heavy (non-hydrogen) atoms. The number of halogens is 1. The molecule has 0 aliphatic carbocycles. The molecule has 2 N–H and O–H groups in total. The minimum atomic E-state index is -0.353. The van der Waals surface area contributed by atoms with E-state index in [1.54, 1.807) is 20.0 Å². The van der Waals surface area contributed by atoms with Crippen LogP contribution in [-0.4, -0.2) is 9.91 Å². The molecule has 0 aliphatic heterocycles. The fourth-order valence-corrected chi connectivity index (χ4v) is 3.51. The first-order chi connectivity index (χ1) is 9.90. The number of anilines is 1. The monoisotopic (exact) mass is 367 g/mol. The molecule has 0 saturated heterocycles. The van der Waals surface area contributed by atoms with Crippen LogP contribution in [0.3, 0.4) is 0 Å². The van der Waals surface area contributed by atoms with E-state index in [2.05, 4.69) is 20.9 Å². The lowest BCUT2D eigenvalue weighted by molar-refractivity contribution is -0.386. The summed E-state index contributed by atoms with van der Waals surface area (Å²) in [7, 11) is 0. The van der Waals surface area contributed by atoms with Gasteiger partial charge in [-0.3, -0.25) is 15.1 Å². The molecule has 1 aromatic heterocycles. The SMILES string of the molecule is Cc1cnc(CSc2cc(Br)ccc2N)c(C)c1[N+](=O)[O-]. The van der Waals surface area contributed by atoms with E-state index in [4.69, 9.17) is 5.73 Å². The van der Waals surface area contributed by atoms with E-state index in [1.165, 1.54) is 11.8 Å². The van der Waals surface area contributed by atoms with Crippen LogP contribution in [-0.2, 0) is 5.75 Å². The van der Waals surface area contributed by atoms with Gasteiger partial charge in [0.15, 0.2) is 0 Å². The number of aryl methyl sites for hydroxylation is 1. The van der Waals surface area contributed by atoms with Gasteiger partial charge >= 0.3 is 0 Å². The van der Waals surface area contributed by atoms with E-state index in [1.807, 2.05) is 18.2 Å². The molecule has 0 aliphatic rings. The van der Waals surface area contributed by atoms with Crippen molar-refractivity contribution in [1.29, 1.82) is 0 Å². The number of hydrogen-bond acceptors (Lipinski definition) is 5. The van der Waals surface area contributed by atoms with Gasteiger partial charge in [0.1, 0.15) is 0 Å². The van der Waals surface area contributed by atoms with E-state index in [0.717, 1.165) is 9.37 Å². The van der Waals surface area contributed by atoms with Gasteiger partial charge in [-0.2, -0.15) is 0 Å². The quantitative estimate of drug-likeness (QED) is 0.378. The molecular weight excluding hydrogens is 354 g/mol. The fraction of sp³-hybridized carbons (Fsp3) is 0.214. The number of pyridine rings is 1. The summed E-state index contributed by atoms with van der Waals surface area (Å²) in [5.41, 5.74) is 8.64. The number of thioether (sulfide) groups is 1. The predicted octanol–water partition coefficient (Wildman–Crippen LogP) is 4.24. The van der Waals surface area contributed by atoms with E-state index < -0.39 is 0 Å². The molecule has 2 aromatic rings. The first-order valence-corrected chi connectivity index (χ1v) is 7.95. The molecule has 0 fully saturated rings. The van der Waals surface area contributed by atoms with Crippen LogP contribution >= 0.6 is 27.7 Å². The highest BCUT2D eigenvalue weighted by Gasteiger charge is 2.18. The van der Waals surface area contributed by atoms with Gasteiger partial charge < -0.3 is 5.73 Å². The maximum Gasteiger partial charge on any atom is 0.278 e. The summed E-state index contributed by atoms with van der Waals surface area (Å²) >= 11 is 4.92. The van der Waals surface area contributed by atoms with E-state index in [-0.39, 0.29) is 10.6 Å². The Labute approximate surface area is 135 Å². The lowest BCUT2D eigenvalue weighted by Gasteiger charge is -2.09. The maximum atomic E-state index is 11.1. The van der Waals surface area contributed by atoms with E-state index >= 15 is 0 Å². The second kappa shape index (κ2) is 6.44. The molecule has 1 heterocycles. The number of benzene rings is 1. The van der Waals surface area contributed by atoms with Gasteiger partial charge in [-0.25, -0.2) is 0 Å². The summed E-state index contributed by atoms with van der Waals surface area (Å²) in [4.78, 5) is 16.0. The normalized spacial score (nSPS) is 10.6. The Morgan fingerprint density at radius 3 is 2.81 bits per heavy atom. The van der Waals surface area contributed by atoms with Gasteiger partial charge in [-0.05, 0) is 32.0 Å². The molecule has 0 atom stereocenters. The highest BCUT2D eigenvalue weighted by atomic mass is 79.9. The average Bonchev–Trinajstić information content (AvgIpc) is 2.41. The zero-order valence-electron chi connectivity index (χ0n) is 11.6. The van der Waals surface area contributed by atoms with Crippen LogP contribution in [0.2, 0.25) is 0 Å². The summed E-state index contributed by atoms with van der Waals surface area (Å²) in [6, 6.07) is 5.63. The first-order valence-electron chi connectivity index (χ1n) is 6.17. The minimum Gasteiger partial charge on any atom is -0.398 e. The minimum absolute atomic E-state index is 0.141. The summed E-state index contributed by atoms with van der Waals surface area (Å²) in [6.45, 7) is 3.43. The highest BCUT2D eigenvalue weighted by molar-refractivity contribution is 9.10. The number of aromatic nitrogens is 1. The van der Waals surface area contributed by atoms with Gasteiger partial charge in [0.25, 0.3) is 5.69 Å². The molecule has 0 amide bonds. The van der Waals surface area contributed by atoms with Crippen LogP contribution in [0.25, 0.3) is 0 Å². The predicted molar refractivity (Wildman–Crippen MR) is 88.5 cm³/mol. The van der Waals surface area contributed by atoms with Gasteiger partial charge in [0, 0.05) is 38.1 Å². The number of rotatable bonds is 4. The Hall–Kier alpha value is -1.60. The van der Waals surface area contributed by atoms with Gasteiger partial charge in [-0.1, -0.05) is 15.9 Å². The van der Waals surface area contributed by atoms with E-state index in [9.17, 15) is 10.1 Å². The molecule has 0 unspecified atom stereocenters. The molecule has 0 spiro atoms. The topological polar surface area (TPSA) is 82.0 Å². The molecular formula is C14H14BrN3O2S. The third-order valence-corrected chi connectivity index (χ3v) is 4.67. The van der Waals surface area contributed by atoms with Gasteiger partial charge in [0.05, 0.1) is 10.6 Å². The molecule has 0 bridgehead atoms. The molecule has 5 nitrogen and oxygen atoms in total. The van der Waals surface area contributed by atoms with Gasteiger partial charge in [-0.15, -0.1) is 11.8 Å². The third kappa shape index (κ3) is 3.54. The summed E-state index contributed by atoms with van der Waals surface area (Å²) in [5.74, 6) is 0.535. The molecule has 1 aromatic carbocycles. The van der Waals surface area contributed by atoms with Crippen molar-refractivity contribution in [1.82, 2.24) is 4.98 Å². The smallest absolute Gasteiger partial charge is 0.278 e. The number of nitro groups is 1. The van der Waals surface area contributed by atoms with Crippen LogP contribution in [0.15, 0.2) is 33.8 Å². The largest absolute Gasteiger partial charge is 0.398 e. The molecule has 2 rings (SSSR count). The zero-order valence-corrected chi connectivity index (χ0v) is 14.0. The van der Waals surface area contributed by atoms with Crippen LogP contribution in [0.4, 0.5) is 11.4 Å². The van der Waals surface area contributed by atoms with Crippen molar-refractivity contribution in [3.63, 3.8) is 0 Å². The number of nitrogens with two attached hydrogens (primary N) is 1. The number of nitrogens with zero attached hydrogens (tertiary/aromatic N) is 2. The van der Waals surface area contributed by atoms with Crippen molar-refractivity contribution in [2.24, 2.45) is 0 Å². The lowest BCUT2D eigenvalue weighted by atomic mass is 10.1. The zero-order chi connectivity index (χ0) is 15.6. The lowest BCUT2D eigenvalue weighted by Crippen LogP contribution is -2.01. The Kier molecular flexibility index (Phi) is 4.84. The Morgan fingerprint density at radius 2 is 2.14 bits per heavy atom. The van der Waals surface area contributed by atoms with E-state index in [0.29, 0.717) is 28.3 Å². The van der Waals surface area contributed by atoms with Gasteiger partial charge in [0.2, 0.25) is 0 Å². The highest BCUT2D eigenvalue weighted by Crippen LogP contribution is 2.33. The van der Waals surface area contributed by atoms with Crippen molar-refractivity contribution in [2.45, 2.75) is 24.5 Å². The van der Waals surface area contributed by atoms with Crippen molar-refractivity contribution in [2.75, 3.05) is 5.73 Å². The summed E-state index contributed by atoms with van der Waals surface area (Å²) < 4.78 is 0.943. The summed E-state index contributed by atoms with van der Waals surface area (Å²) in [6.07, 6.45) is 1.55. The standard InChI is InChI=1S/C14H14BrN3O2S/c1-8-6-17-12(9(2)14(8)18(19)20)7-21-13-5-10(15)3-4-11(13)16/h3-6H,7,16H2,1-2H3. The second-order valence-corrected chi connectivity index (χ2v) is 6.52. The molecule has 0 saturated carbocycles. The van der Waals surface area contributed by atoms with Crippen molar-refractivity contribution >= 4 is 39.1 Å². The molecule has 0 radical (unpaired) electrons. The molecule has 110 valence electrons. The van der Waals surface area contributed by atoms with Crippen molar-refractivity contribution < 1.29 is 4.92 Å². The molecule has 7 heteroatoms. The number of nitrogen functional groups attached to an aromatic ring is 1. The number of hydrogen-bond donors (Lipinski definition) is 1. The maximum absolute atomic E-state index is 11.1. The van der Waals surface area contributed by atoms with Crippen molar-refractivity contribution in [3.8, 4) is 0 Å².